The van der Waals surface area contributed by atoms with Crippen LogP contribution in [0.1, 0.15) is 29.0 Å². The lowest BCUT2D eigenvalue weighted by Crippen LogP contribution is -1.96. The summed E-state index contributed by atoms with van der Waals surface area (Å²) in [6.07, 6.45) is 0.473. The van der Waals surface area contributed by atoms with E-state index in [9.17, 15) is 4.79 Å². The highest BCUT2D eigenvalue weighted by Crippen LogP contribution is 2.19. The highest BCUT2D eigenvalue weighted by atomic mass is 16.5. The first kappa shape index (κ1) is 11.3. The molecule has 5 heteroatoms. The average Bonchev–Trinajstić information content (AvgIpc) is 2.78. The summed E-state index contributed by atoms with van der Waals surface area (Å²) in [4.78, 5) is 15.0. The molecular formula is C12H12N2O3. The van der Waals surface area contributed by atoms with Crippen LogP contribution in [-0.2, 0) is 6.42 Å². The number of Topliss-reactive ketones (excluding diaryl/α,β-unsaturated/α-hetero) is 1. The number of rotatable bonds is 4. The first-order chi connectivity index (χ1) is 8.20. The molecule has 0 spiro atoms. The Kier molecular flexibility index (Phi) is 3.18. The molecule has 0 saturated heterocycles. The van der Waals surface area contributed by atoms with Gasteiger partial charge < -0.3 is 9.26 Å². The lowest BCUT2D eigenvalue weighted by atomic mass is 10.1. The maximum absolute atomic E-state index is 11.0. The zero-order valence-electron chi connectivity index (χ0n) is 9.64. The van der Waals surface area contributed by atoms with E-state index in [1.165, 1.54) is 6.92 Å². The van der Waals surface area contributed by atoms with Gasteiger partial charge in [0.25, 0.3) is 5.89 Å². The van der Waals surface area contributed by atoms with Crippen LogP contribution < -0.4 is 4.74 Å². The van der Waals surface area contributed by atoms with Crippen molar-refractivity contribution in [2.45, 2.75) is 13.3 Å². The van der Waals surface area contributed by atoms with Gasteiger partial charge in [-0.1, -0.05) is 23.4 Å². The molecule has 1 aromatic carbocycles. The van der Waals surface area contributed by atoms with Crippen molar-refractivity contribution < 1.29 is 14.1 Å². The van der Waals surface area contributed by atoms with Gasteiger partial charge in [0.15, 0.2) is 5.82 Å². The second-order valence-electron chi connectivity index (χ2n) is 3.56. The molecule has 2 rings (SSSR count). The second-order valence-corrected chi connectivity index (χ2v) is 3.56. The van der Waals surface area contributed by atoms with Crippen LogP contribution in [0.3, 0.4) is 0 Å². The fourth-order valence-electron chi connectivity index (χ4n) is 1.49. The number of benzene rings is 1. The predicted molar refractivity (Wildman–Crippen MR) is 60.1 cm³/mol. The van der Waals surface area contributed by atoms with Gasteiger partial charge in [-0.25, -0.2) is 0 Å². The summed E-state index contributed by atoms with van der Waals surface area (Å²) in [7, 11) is 1.61. The SMILES string of the molecule is COc1ccccc1Cc1noc(C(C)=O)n1. The van der Waals surface area contributed by atoms with Crippen LogP contribution in [0.2, 0.25) is 0 Å². The van der Waals surface area contributed by atoms with Crippen molar-refractivity contribution in [2.24, 2.45) is 0 Å². The summed E-state index contributed by atoms with van der Waals surface area (Å²) in [6, 6.07) is 7.58. The Morgan fingerprint density at radius 3 is 2.82 bits per heavy atom. The van der Waals surface area contributed by atoms with E-state index in [4.69, 9.17) is 9.26 Å². The van der Waals surface area contributed by atoms with Gasteiger partial charge in [-0.3, -0.25) is 4.79 Å². The molecule has 1 aromatic heterocycles. The zero-order chi connectivity index (χ0) is 12.3. The van der Waals surface area contributed by atoms with E-state index < -0.39 is 0 Å². The lowest BCUT2D eigenvalue weighted by Gasteiger charge is -2.04. The Morgan fingerprint density at radius 2 is 2.18 bits per heavy atom. The molecule has 1 heterocycles. The Labute approximate surface area is 98.4 Å². The number of aromatic nitrogens is 2. The number of carbonyl (C=O) groups is 1. The third-order valence-electron chi connectivity index (χ3n) is 2.31. The third-order valence-corrected chi connectivity index (χ3v) is 2.31. The standard InChI is InChI=1S/C12H12N2O3/c1-8(15)12-13-11(14-17-12)7-9-5-3-4-6-10(9)16-2/h3-6H,7H2,1-2H3. The zero-order valence-corrected chi connectivity index (χ0v) is 9.64. The van der Waals surface area contributed by atoms with Crippen LogP contribution in [0, 0.1) is 0 Å². The molecule has 0 saturated carbocycles. The number of ketones is 1. The summed E-state index contributed by atoms with van der Waals surface area (Å²) in [5, 5.41) is 3.75. The molecule has 0 atom stereocenters. The first-order valence-corrected chi connectivity index (χ1v) is 5.16. The molecule has 88 valence electrons. The quantitative estimate of drug-likeness (QED) is 0.753. The van der Waals surface area contributed by atoms with Crippen LogP contribution in [0.25, 0.3) is 0 Å². The number of hydrogen-bond donors (Lipinski definition) is 0. The van der Waals surface area contributed by atoms with Crippen molar-refractivity contribution in [3.05, 3.63) is 41.5 Å². The van der Waals surface area contributed by atoms with Crippen LogP contribution >= 0.6 is 0 Å². The van der Waals surface area contributed by atoms with E-state index in [0.29, 0.717) is 12.2 Å². The van der Waals surface area contributed by atoms with Gasteiger partial charge in [-0.2, -0.15) is 4.98 Å². The van der Waals surface area contributed by atoms with E-state index in [1.807, 2.05) is 24.3 Å². The normalized spacial score (nSPS) is 10.2. The number of ether oxygens (including phenoxy) is 1. The molecule has 0 radical (unpaired) electrons. The van der Waals surface area contributed by atoms with Crippen LogP contribution in [0.15, 0.2) is 28.8 Å². The van der Waals surface area contributed by atoms with E-state index >= 15 is 0 Å². The van der Waals surface area contributed by atoms with Crippen LogP contribution in [-0.4, -0.2) is 23.0 Å². The predicted octanol–water partition coefficient (Wildman–Crippen LogP) is 1.87. The average molecular weight is 232 g/mol. The largest absolute Gasteiger partial charge is 0.496 e. The molecule has 0 fully saturated rings. The molecule has 5 nitrogen and oxygen atoms in total. The molecule has 2 aromatic rings. The van der Waals surface area contributed by atoms with Gasteiger partial charge in [0.2, 0.25) is 5.78 Å². The van der Waals surface area contributed by atoms with E-state index in [1.54, 1.807) is 7.11 Å². The van der Waals surface area contributed by atoms with Crippen molar-refractivity contribution in [1.82, 2.24) is 10.1 Å². The monoisotopic (exact) mass is 232 g/mol. The van der Waals surface area contributed by atoms with Crippen LogP contribution in [0.4, 0.5) is 0 Å². The number of para-hydroxylation sites is 1. The summed E-state index contributed by atoms with van der Waals surface area (Å²) in [6.45, 7) is 1.39. The molecule has 0 aliphatic heterocycles. The smallest absolute Gasteiger partial charge is 0.293 e. The molecule has 0 aliphatic carbocycles. The molecule has 0 N–H and O–H groups in total. The number of nitrogens with zero attached hydrogens (tertiary/aromatic N) is 2. The fraction of sp³-hybridized carbons (Fsp3) is 0.250. The molecule has 0 aliphatic rings. The Bertz CT molecular complexity index is 534. The minimum Gasteiger partial charge on any atom is -0.496 e. The lowest BCUT2D eigenvalue weighted by molar-refractivity contribution is 0.0972. The van der Waals surface area contributed by atoms with Crippen molar-refractivity contribution >= 4 is 5.78 Å². The third kappa shape index (κ3) is 2.50. The summed E-state index contributed by atoms with van der Waals surface area (Å²) in [5.74, 6) is 1.04. The van der Waals surface area contributed by atoms with Gasteiger partial charge in [-0.15, -0.1) is 0 Å². The topological polar surface area (TPSA) is 65.2 Å². The number of methoxy groups -OCH3 is 1. The van der Waals surface area contributed by atoms with Gasteiger partial charge in [0, 0.05) is 18.9 Å². The fourth-order valence-corrected chi connectivity index (χ4v) is 1.49. The maximum Gasteiger partial charge on any atom is 0.293 e. The van der Waals surface area contributed by atoms with Crippen molar-refractivity contribution in [3.63, 3.8) is 0 Å². The molecule has 0 bridgehead atoms. The highest BCUT2D eigenvalue weighted by Gasteiger charge is 2.12. The summed E-state index contributed by atoms with van der Waals surface area (Å²) >= 11 is 0. The van der Waals surface area contributed by atoms with Gasteiger partial charge in [0.1, 0.15) is 5.75 Å². The first-order valence-electron chi connectivity index (χ1n) is 5.16. The van der Waals surface area contributed by atoms with E-state index in [-0.39, 0.29) is 11.7 Å². The van der Waals surface area contributed by atoms with E-state index in [2.05, 4.69) is 10.1 Å². The number of carbonyl (C=O) groups excluding carboxylic acids is 1. The maximum atomic E-state index is 11.0. The van der Waals surface area contributed by atoms with Crippen LogP contribution in [0.5, 0.6) is 5.75 Å². The van der Waals surface area contributed by atoms with Gasteiger partial charge in [-0.05, 0) is 6.07 Å². The summed E-state index contributed by atoms with van der Waals surface area (Å²) < 4.78 is 10.0. The molecule has 0 unspecified atom stereocenters. The van der Waals surface area contributed by atoms with Crippen molar-refractivity contribution in [2.75, 3.05) is 7.11 Å². The second kappa shape index (κ2) is 4.78. The molecular weight excluding hydrogens is 220 g/mol. The minimum atomic E-state index is -0.233. The Balaban J connectivity index is 2.22. The van der Waals surface area contributed by atoms with E-state index in [0.717, 1.165) is 11.3 Å². The minimum absolute atomic E-state index is 0.0369. The van der Waals surface area contributed by atoms with Gasteiger partial charge >= 0.3 is 0 Å². The summed E-state index contributed by atoms with van der Waals surface area (Å²) in [5.41, 5.74) is 0.950. The van der Waals surface area contributed by atoms with Crippen molar-refractivity contribution in [1.29, 1.82) is 0 Å². The highest BCUT2D eigenvalue weighted by molar-refractivity contribution is 5.89. The molecule has 0 amide bonds. The van der Waals surface area contributed by atoms with Gasteiger partial charge in [0.05, 0.1) is 7.11 Å². The Hall–Kier alpha value is -2.17. The Morgan fingerprint density at radius 1 is 1.41 bits per heavy atom. The molecule has 17 heavy (non-hydrogen) atoms. The van der Waals surface area contributed by atoms with Crippen molar-refractivity contribution in [3.8, 4) is 5.75 Å². The number of hydrogen-bond acceptors (Lipinski definition) is 5.